The van der Waals surface area contributed by atoms with Crippen LogP contribution in [-0.4, -0.2) is 48.4 Å². The molecule has 4 nitrogen and oxygen atoms in total. The molecule has 0 aliphatic carbocycles. The fourth-order valence-corrected chi connectivity index (χ4v) is 4.27. The Kier molecular flexibility index (Phi) is 10.4. The second-order valence-corrected chi connectivity index (χ2v) is 10.0. The number of hydrogen-bond acceptors (Lipinski definition) is 2. The highest BCUT2D eigenvalue weighted by Gasteiger charge is 2.36. The van der Waals surface area contributed by atoms with Crippen LogP contribution in [0.2, 0.25) is 20.1 Å². The summed E-state index contributed by atoms with van der Waals surface area (Å²) in [5.74, 6) is -8.30. The molecule has 14 heteroatoms. The van der Waals surface area contributed by atoms with E-state index in [-0.39, 0.29) is 36.8 Å². The number of nitrogens with zero attached hydrogens (tertiary/aromatic N) is 1. The molecule has 2 aromatic carbocycles. The third kappa shape index (κ3) is 8.43. The van der Waals surface area contributed by atoms with E-state index < -0.39 is 48.2 Å². The summed E-state index contributed by atoms with van der Waals surface area (Å²) in [5.41, 5.74) is -0.584. The van der Waals surface area contributed by atoms with Crippen molar-refractivity contribution >= 4 is 64.0 Å². The first-order valence-corrected chi connectivity index (χ1v) is 12.1. The number of likely N-dealkylation sites (N-methyl/N-ethyl adjacent to an activating group) is 1. The van der Waals surface area contributed by atoms with E-state index >= 15 is 4.39 Å². The molecule has 1 N–H and O–H groups in total. The van der Waals surface area contributed by atoms with Gasteiger partial charge in [-0.15, -0.1) is 0 Å². The molecule has 208 valence electrons. The van der Waals surface area contributed by atoms with Crippen molar-refractivity contribution in [3.05, 3.63) is 73.2 Å². The fraction of sp³-hybridized carbons (Fsp3) is 0.333. The zero-order chi connectivity index (χ0) is 29.2. The van der Waals surface area contributed by atoms with E-state index in [1.807, 2.05) is 0 Å². The quantitative estimate of drug-likeness (QED) is 0.238. The van der Waals surface area contributed by atoms with Gasteiger partial charge in [-0.1, -0.05) is 52.5 Å². The summed E-state index contributed by atoms with van der Waals surface area (Å²) in [7, 11) is 0.925. The largest absolute Gasteiger partial charge is 0.406 e. The molecule has 38 heavy (non-hydrogen) atoms. The monoisotopic (exact) mass is 622 g/mol. The summed E-state index contributed by atoms with van der Waals surface area (Å²) in [6.45, 7) is 0.240. The van der Waals surface area contributed by atoms with Gasteiger partial charge < -0.3 is 10.2 Å². The van der Waals surface area contributed by atoms with Gasteiger partial charge in [0.15, 0.2) is 0 Å². The topological polar surface area (TPSA) is 49.4 Å². The predicted octanol–water partition coefficient (Wildman–Crippen LogP) is 8.19. The molecule has 0 aromatic heterocycles. The van der Waals surface area contributed by atoms with Gasteiger partial charge in [-0.3, -0.25) is 9.59 Å². The maximum atomic E-state index is 15.1. The van der Waals surface area contributed by atoms with Crippen molar-refractivity contribution in [1.82, 2.24) is 10.2 Å². The van der Waals surface area contributed by atoms with E-state index in [2.05, 4.69) is 5.32 Å². The van der Waals surface area contributed by atoms with Crippen LogP contribution < -0.4 is 5.32 Å². The maximum absolute atomic E-state index is 15.1. The summed E-state index contributed by atoms with van der Waals surface area (Å²) in [4.78, 5) is 25.0. The molecular weight excluding hydrogens is 604 g/mol. The molecule has 0 aliphatic rings. The Balaban J connectivity index is 2.29. The third-order valence-electron chi connectivity index (χ3n) is 5.22. The van der Waals surface area contributed by atoms with Gasteiger partial charge in [0.05, 0.1) is 31.6 Å². The van der Waals surface area contributed by atoms with Gasteiger partial charge >= 0.3 is 6.18 Å². The number of rotatable bonds is 8. The molecule has 2 aromatic rings. The lowest BCUT2D eigenvalue weighted by atomic mass is 9.92. The Morgan fingerprint density at radius 2 is 1.55 bits per heavy atom. The standard InChI is InChI=1S/C24H20Cl4F6N2O2/c1-11(22(38)36(3)10-24(32,33)34)35-21(37)14-5-4-12(6-16(14)25)19(29)9-15(23(2,30)31)13-7-17(26)20(28)18(27)8-13/h4-9,11,15H,10H2,1-3H3,(H,35,37)/b19-9-/t11-,15?/m1/s1. The first-order valence-electron chi connectivity index (χ1n) is 10.6. The molecule has 0 saturated carbocycles. The summed E-state index contributed by atoms with van der Waals surface area (Å²) < 4.78 is 81.4. The Morgan fingerprint density at radius 3 is 2.03 bits per heavy atom. The summed E-state index contributed by atoms with van der Waals surface area (Å²) in [6, 6.07) is 4.09. The molecule has 0 aliphatic heterocycles. The minimum atomic E-state index is -4.63. The van der Waals surface area contributed by atoms with Crippen molar-refractivity contribution in [3.63, 3.8) is 0 Å². The van der Waals surface area contributed by atoms with E-state index in [0.29, 0.717) is 17.9 Å². The van der Waals surface area contributed by atoms with E-state index in [0.717, 1.165) is 37.4 Å². The van der Waals surface area contributed by atoms with Gasteiger partial charge in [0.2, 0.25) is 5.91 Å². The Labute approximate surface area is 234 Å². The lowest BCUT2D eigenvalue weighted by Gasteiger charge is -2.23. The number of carbonyl (C=O) groups excluding carboxylic acids is 2. The van der Waals surface area contributed by atoms with Crippen molar-refractivity contribution in [2.75, 3.05) is 13.6 Å². The van der Waals surface area contributed by atoms with Crippen LogP contribution in [0.15, 0.2) is 36.4 Å². The second-order valence-electron chi connectivity index (χ2n) is 8.45. The first kappa shape index (κ1) is 32.1. The molecule has 2 amide bonds. The molecule has 2 rings (SSSR count). The van der Waals surface area contributed by atoms with Crippen LogP contribution in [0.1, 0.15) is 41.3 Å². The molecule has 0 saturated heterocycles. The van der Waals surface area contributed by atoms with Crippen molar-refractivity contribution < 1.29 is 35.9 Å². The van der Waals surface area contributed by atoms with Crippen LogP contribution in [0.4, 0.5) is 26.3 Å². The molecular formula is C24H20Cl4F6N2O2. The lowest BCUT2D eigenvalue weighted by Crippen LogP contribution is -2.48. The van der Waals surface area contributed by atoms with Gasteiger partial charge in [-0.2, -0.15) is 13.2 Å². The Hall–Kier alpha value is -2.14. The minimum Gasteiger partial charge on any atom is -0.340 e. The number of amides is 2. The zero-order valence-electron chi connectivity index (χ0n) is 19.9. The molecule has 0 heterocycles. The SMILES string of the molecule is C[C@@H](NC(=O)c1ccc(/C(F)=C/C(c2cc(Cl)c(Cl)c(Cl)c2)C(C)(F)F)cc1Cl)C(=O)N(C)CC(F)(F)F. The Bertz CT molecular complexity index is 1220. The summed E-state index contributed by atoms with van der Waals surface area (Å²) >= 11 is 23.8. The van der Waals surface area contributed by atoms with Crippen LogP contribution in [0, 0.1) is 0 Å². The third-order valence-corrected chi connectivity index (χ3v) is 6.73. The average molecular weight is 624 g/mol. The van der Waals surface area contributed by atoms with Crippen LogP contribution in [0.25, 0.3) is 5.83 Å². The van der Waals surface area contributed by atoms with Crippen molar-refractivity contribution in [2.24, 2.45) is 0 Å². The minimum absolute atomic E-state index is 0.0524. The number of hydrogen-bond donors (Lipinski definition) is 1. The van der Waals surface area contributed by atoms with Gasteiger partial charge in [0.25, 0.3) is 11.8 Å². The number of alkyl halides is 5. The van der Waals surface area contributed by atoms with E-state index in [1.54, 1.807) is 0 Å². The van der Waals surface area contributed by atoms with E-state index in [4.69, 9.17) is 46.4 Å². The average Bonchev–Trinajstić information content (AvgIpc) is 2.77. The van der Waals surface area contributed by atoms with Gasteiger partial charge in [0.1, 0.15) is 18.4 Å². The normalized spacial score (nSPS) is 14.2. The van der Waals surface area contributed by atoms with Crippen LogP contribution in [0.3, 0.4) is 0 Å². The first-order chi connectivity index (χ1) is 17.3. The number of benzene rings is 2. The highest BCUT2D eigenvalue weighted by atomic mass is 35.5. The van der Waals surface area contributed by atoms with Crippen LogP contribution in [0.5, 0.6) is 0 Å². The summed E-state index contributed by atoms with van der Waals surface area (Å²) in [5, 5.41) is 1.65. The van der Waals surface area contributed by atoms with E-state index in [9.17, 15) is 31.5 Å². The molecule has 2 atom stereocenters. The van der Waals surface area contributed by atoms with Crippen molar-refractivity contribution in [1.29, 1.82) is 0 Å². The summed E-state index contributed by atoms with van der Waals surface area (Å²) in [6.07, 6.45) is -3.99. The number of carbonyl (C=O) groups is 2. The van der Waals surface area contributed by atoms with Crippen molar-refractivity contribution in [3.8, 4) is 0 Å². The van der Waals surface area contributed by atoms with Crippen LogP contribution in [-0.2, 0) is 4.79 Å². The van der Waals surface area contributed by atoms with Gasteiger partial charge in [-0.05, 0) is 42.8 Å². The second kappa shape index (κ2) is 12.4. The molecule has 1 unspecified atom stereocenters. The van der Waals surface area contributed by atoms with Gasteiger partial charge in [-0.25, -0.2) is 13.2 Å². The molecule has 0 radical (unpaired) electrons. The molecule has 0 bridgehead atoms. The molecule has 0 fully saturated rings. The fourth-order valence-electron chi connectivity index (χ4n) is 3.39. The van der Waals surface area contributed by atoms with Crippen LogP contribution >= 0.6 is 46.4 Å². The predicted molar refractivity (Wildman–Crippen MR) is 136 cm³/mol. The highest BCUT2D eigenvalue weighted by molar-refractivity contribution is 6.48. The lowest BCUT2D eigenvalue weighted by molar-refractivity contribution is -0.159. The smallest absolute Gasteiger partial charge is 0.340 e. The number of nitrogens with one attached hydrogen (secondary N) is 1. The zero-order valence-corrected chi connectivity index (χ0v) is 22.9. The van der Waals surface area contributed by atoms with E-state index in [1.165, 1.54) is 6.92 Å². The number of allylic oxidation sites excluding steroid dienone is 1. The molecule has 0 spiro atoms. The maximum Gasteiger partial charge on any atom is 0.406 e. The van der Waals surface area contributed by atoms with Gasteiger partial charge in [0, 0.05) is 19.5 Å². The number of halogens is 10. The highest BCUT2D eigenvalue weighted by Crippen LogP contribution is 2.41. The Morgan fingerprint density at radius 1 is 1.00 bits per heavy atom. The van der Waals surface area contributed by atoms with Crippen molar-refractivity contribution in [2.45, 2.75) is 37.9 Å².